The van der Waals surface area contributed by atoms with Gasteiger partial charge in [-0.2, -0.15) is 0 Å². The Morgan fingerprint density at radius 2 is 1.93 bits per heavy atom. The third kappa shape index (κ3) is 3.77. The van der Waals surface area contributed by atoms with Crippen LogP contribution < -0.4 is 4.74 Å². The first-order valence-corrected chi connectivity index (χ1v) is 9.24. The Balaban J connectivity index is 1.28. The Morgan fingerprint density at radius 1 is 1.15 bits per heavy atom. The molecule has 2 saturated heterocycles. The number of carbonyl (C=O) groups is 2. The maximum absolute atomic E-state index is 12.4. The molecule has 1 N–H and O–H groups in total. The van der Waals surface area contributed by atoms with Crippen molar-refractivity contribution in [2.45, 2.75) is 18.4 Å². The second-order valence-corrected chi connectivity index (χ2v) is 7.01. The molecule has 2 aromatic rings. The van der Waals surface area contributed by atoms with E-state index in [0.29, 0.717) is 51.3 Å². The van der Waals surface area contributed by atoms with Crippen LogP contribution in [-0.4, -0.2) is 65.2 Å². The second-order valence-electron chi connectivity index (χ2n) is 7.01. The molecular weight excluding hydrogens is 346 g/mol. The van der Waals surface area contributed by atoms with Crippen LogP contribution in [0.15, 0.2) is 48.7 Å². The number of hydrogen-bond acceptors (Lipinski definition) is 4. The van der Waals surface area contributed by atoms with Crippen molar-refractivity contribution in [3.05, 3.63) is 54.4 Å². The van der Waals surface area contributed by atoms with Gasteiger partial charge < -0.3 is 24.3 Å². The van der Waals surface area contributed by atoms with E-state index in [1.165, 1.54) is 0 Å². The molecule has 7 heteroatoms. The lowest BCUT2D eigenvalue weighted by Crippen LogP contribution is -2.49. The molecule has 1 aromatic carbocycles. The number of likely N-dealkylation sites (tertiary alicyclic amines) is 1. The van der Waals surface area contributed by atoms with Gasteiger partial charge in [-0.05, 0) is 24.3 Å². The molecule has 0 bridgehead atoms. The molecule has 0 saturated carbocycles. The topological polar surface area (TPSA) is 74.9 Å². The summed E-state index contributed by atoms with van der Waals surface area (Å²) in [7, 11) is 0. The van der Waals surface area contributed by atoms with E-state index in [1.807, 2.05) is 41.3 Å². The Morgan fingerprint density at radius 3 is 2.63 bits per heavy atom. The molecule has 0 unspecified atom stereocenters. The van der Waals surface area contributed by atoms with Crippen molar-refractivity contribution in [3.63, 3.8) is 0 Å². The van der Waals surface area contributed by atoms with Crippen LogP contribution in [0, 0.1) is 0 Å². The summed E-state index contributed by atoms with van der Waals surface area (Å²) in [6.45, 7) is 2.63. The summed E-state index contributed by atoms with van der Waals surface area (Å²) in [6.07, 6.45) is 2.76. The van der Waals surface area contributed by atoms with Gasteiger partial charge in [-0.1, -0.05) is 18.2 Å². The molecule has 7 nitrogen and oxygen atoms in total. The number of rotatable bonds is 5. The zero-order valence-electron chi connectivity index (χ0n) is 15.1. The SMILES string of the molecule is O=C1OC2(CCN(C(=O)c3ccc[nH]3)CC2)CN1CCOc1ccccc1. The fraction of sp³-hybridized carbons (Fsp3) is 0.400. The highest BCUT2D eigenvalue weighted by atomic mass is 16.6. The average molecular weight is 369 g/mol. The highest BCUT2D eigenvalue weighted by molar-refractivity contribution is 5.92. The lowest BCUT2D eigenvalue weighted by atomic mass is 9.91. The second kappa shape index (κ2) is 7.34. The van der Waals surface area contributed by atoms with Crippen molar-refractivity contribution in [2.75, 3.05) is 32.8 Å². The molecule has 3 heterocycles. The van der Waals surface area contributed by atoms with E-state index >= 15 is 0 Å². The number of amides is 2. The maximum Gasteiger partial charge on any atom is 0.410 e. The van der Waals surface area contributed by atoms with Gasteiger partial charge in [0.25, 0.3) is 5.91 Å². The molecule has 2 aliphatic heterocycles. The van der Waals surface area contributed by atoms with Gasteiger partial charge in [-0.3, -0.25) is 4.79 Å². The zero-order chi connectivity index (χ0) is 18.7. The standard InChI is InChI=1S/C20H23N3O4/c24-18(17-7-4-10-21-17)22-11-8-20(9-12-22)15-23(19(25)27-20)13-14-26-16-5-2-1-3-6-16/h1-7,10,21H,8-9,11-15H2. The largest absolute Gasteiger partial charge is 0.492 e. The smallest absolute Gasteiger partial charge is 0.410 e. The number of ether oxygens (including phenoxy) is 2. The van der Waals surface area contributed by atoms with E-state index in [-0.39, 0.29) is 12.0 Å². The van der Waals surface area contributed by atoms with E-state index in [4.69, 9.17) is 9.47 Å². The molecule has 27 heavy (non-hydrogen) atoms. The van der Waals surface area contributed by atoms with Crippen molar-refractivity contribution in [1.82, 2.24) is 14.8 Å². The Labute approximate surface area is 157 Å². The monoisotopic (exact) mass is 369 g/mol. The van der Waals surface area contributed by atoms with E-state index < -0.39 is 5.60 Å². The molecule has 2 aliphatic rings. The number of benzene rings is 1. The molecule has 0 atom stereocenters. The van der Waals surface area contributed by atoms with Crippen LogP contribution in [0.3, 0.4) is 0 Å². The number of aromatic amines is 1. The minimum atomic E-state index is -0.490. The molecular formula is C20H23N3O4. The number of aromatic nitrogens is 1. The zero-order valence-corrected chi connectivity index (χ0v) is 15.1. The number of hydrogen-bond donors (Lipinski definition) is 1. The molecule has 2 amide bonds. The number of H-pyrrole nitrogens is 1. The third-order valence-corrected chi connectivity index (χ3v) is 5.20. The molecule has 1 aromatic heterocycles. The van der Waals surface area contributed by atoms with E-state index in [0.717, 1.165) is 5.75 Å². The minimum Gasteiger partial charge on any atom is -0.492 e. The van der Waals surface area contributed by atoms with Gasteiger partial charge in [0.2, 0.25) is 0 Å². The van der Waals surface area contributed by atoms with E-state index in [2.05, 4.69) is 4.98 Å². The van der Waals surface area contributed by atoms with Gasteiger partial charge >= 0.3 is 6.09 Å². The summed E-state index contributed by atoms with van der Waals surface area (Å²) in [5.41, 5.74) is 0.102. The van der Waals surface area contributed by atoms with Gasteiger partial charge in [-0.25, -0.2) is 4.79 Å². The van der Waals surface area contributed by atoms with E-state index in [9.17, 15) is 9.59 Å². The summed E-state index contributed by atoms with van der Waals surface area (Å²) >= 11 is 0. The van der Waals surface area contributed by atoms with Crippen LogP contribution >= 0.6 is 0 Å². The van der Waals surface area contributed by atoms with Crippen LogP contribution in [0.1, 0.15) is 23.3 Å². The van der Waals surface area contributed by atoms with Gasteiger partial charge in [-0.15, -0.1) is 0 Å². The number of carbonyl (C=O) groups excluding carboxylic acids is 2. The lowest BCUT2D eigenvalue weighted by molar-refractivity contribution is 0.00298. The van der Waals surface area contributed by atoms with E-state index in [1.54, 1.807) is 17.2 Å². The fourth-order valence-electron chi connectivity index (χ4n) is 3.67. The summed E-state index contributed by atoms with van der Waals surface area (Å²) in [6, 6.07) is 13.1. The van der Waals surface area contributed by atoms with Gasteiger partial charge in [0.1, 0.15) is 23.7 Å². The molecule has 0 aliphatic carbocycles. The summed E-state index contributed by atoms with van der Waals surface area (Å²) < 4.78 is 11.4. The first-order chi connectivity index (χ1) is 13.2. The van der Waals surface area contributed by atoms with Crippen LogP contribution in [0.5, 0.6) is 5.75 Å². The highest BCUT2D eigenvalue weighted by Gasteiger charge is 2.47. The van der Waals surface area contributed by atoms with Gasteiger partial charge in [0, 0.05) is 32.1 Å². The Bertz CT molecular complexity index is 783. The molecule has 142 valence electrons. The first-order valence-electron chi connectivity index (χ1n) is 9.24. The maximum atomic E-state index is 12.4. The highest BCUT2D eigenvalue weighted by Crippen LogP contribution is 2.33. The van der Waals surface area contributed by atoms with Crippen molar-refractivity contribution < 1.29 is 19.1 Å². The van der Waals surface area contributed by atoms with Crippen LogP contribution in [0.25, 0.3) is 0 Å². The molecule has 0 radical (unpaired) electrons. The van der Waals surface area contributed by atoms with Crippen LogP contribution in [0.2, 0.25) is 0 Å². The summed E-state index contributed by atoms with van der Waals surface area (Å²) in [5, 5.41) is 0. The average Bonchev–Trinajstić information content (AvgIpc) is 3.32. The fourth-order valence-corrected chi connectivity index (χ4v) is 3.67. The normalized spacial score (nSPS) is 18.6. The first kappa shape index (κ1) is 17.5. The Hall–Kier alpha value is -2.96. The van der Waals surface area contributed by atoms with Crippen molar-refractivity contribution in [2.24, 2.45) is 0 Å². The number of nitrogens with one attached hydrogen (secondary N) is 1. The van der Waals surface area contributed by atoms with Crippen molar-refractivity contribution in [1.29, 1.82) is 0 Å². The van der Waals surface area contributed by atoms with Crippen molar-refractivity contribution in [3.8, 4) is 5.75 Å². The Kier molecular flexibility index (Phi) is 4.75. The van der Waals surface area contributed by atoms with Gasteiger partial charge in [0.05, 0.1) is 13.1 Å². The predicted octanol–water partition coefficient (Wildman–Crippen LogP) is 2.52. The van der Waals surface area contributed by atoms with Gasteiger partial charge in [0.15, 0.2) is 0 Å². The number of piperidine rings is 1. The third-order valence-electron chi connectivity index (χ3n) is 5.20. The molecule has 2 fully saturated rings. The van der Waals surface area contributed by atoms with Crippen LogP contribution in [0.4, 0.5) is 4.79 Å². The minimum absolute atomic E-state index is 0.00714. The lowest BCUT2D eigenvalue weighted by Gasteiger charge is -2.37. The molecule has 1 spiro atoms. The van der Waals surface area contributed by atoms with Crippen LogP contribution in [-0.2, 0) is 4.74 Å². The van der Waals surface area contributed by atoms with Crippen molar-refractivity contribution >= 4 is 12.0 Å². The quantitative estimate of drug-likeness (QED) is 0.879. The summed E-state index contributed by atoms with van der Waals surface area (Å²) in [5.74, 6) is 0.781. The number of para-hydroxylation sites is 1. The number of nitrogens with zero attached hydrogens (tertiary/aromatic N) is 2. The summed E-state index contributed by atoms with van der Waals surface area (Å²) in [4.78, 5) is 31.1. The molecule has 4 rings (SSSR count). The predicted molar refractivity (Wildman–Crippen MR) is 98.7 cm³/mol.